The van der Waals surface area contributed by atoms with E-state index < -0.39 is 5.97 Å². The van der Waals surface area contributed by atoms with Crippen molar-refractivity contribution in [2.75, 3.05) is 31.6 Å². The molecule has 6 nitrogen and oxygen atoms in total. The Kier molecular flexibility index (Phi) is 8.67. The molecule has 0 aromatic heterocycles. The molecule has 25 heavy (non-hydrogen) atoms. The number of ether oxygens (including phenoxy) is 1. The van der Waals surface area contributed by atoms with E-state index in [1.807, 2.05) is 0 Å². The van der Waals surface area contributed by atoms with Gasteiger partial charge in [0, 0.05) is 39.2 Å². The smallest absolute Gasteiger partial charge is 0.338 e. The predicted octanol–water partition coefficient (Wildman–Crippen LogP) is 2.86. The van der Waals surface area contributed by atoms with Gasteiger partial charge in [0.15, 0.2) is 0 Å². The predicted molar refractivity (Wildman–Crippen MR) is 97.6 cm³/mol. The summed E-state index contributed by atoms with van der Waals surface area (Å²) in [4.78, 5) is 39.0. The third-order valence-corrected chi connectivity index (χ3v) is 3.89. The summed E-state index contributed by atoms with van der Waals surface area (Å²) in [6.45, 7) is 6.64. The van der Waals surface area contributed by atoms with Crippen LogP contribution in [0.2, 0.25) is 0 Å². The summed E-state index contributed by atoms with van der Waals surface area (Å²) in [5.74, 6) is -0.521. The van der Waals surface area contributed by atoms with Crippen LogP contribution in [0.3, 0.4) is 0 Å². The highest BCUT2D eigenvalue weighted by Gasteiger charge is 2.16. The van der Waals surface area contributed by atoms with Crippen molar-refractivity contribution in [2.45, 2.75) is 40.0 Å². The van der Waals surface area contributed by atoms with Gasteiger partial charge in [0.2, 0.25) is 11.8 Å². The molecule has 0 saturated carbocycles. The second-order valence-corrected chi connectivity index (χ2v) is 5.86. The number of anilines is 1. The van der Waals surface area contributed by atoms with Crippen molar-refractivity contribution in [3.8, 4) is 0 Å². The van der Waals surface area contributed by atoms with E-state index in [0.717, 1.165) is 19.4 Å². The number of unbranched alkanes of at least 4 members (excludes halogenated alkanes) is 1. The van der Waals surface area contributed by atoms with E-state index in [9.17, 15) is 14.4 Å². The first-order chi connectivity index (χ1) is 11.9. The normalized spacial score (nSPS) is 10.2. The zero-order valence-corrected chi connectivity index (χ0v) is 15.6. The fraction of sp³-hybridized carbons (Fsp3) is 0.526. The van der Waals surface area contributed by atoms with Gasteiger partial charge in [-0.15, -0.1) is 0 Å². The third kappa shape index (κ3) is 6.57. The number of carbonyl (C=O) groups excluding carboxylic acids is 3. The van der Waals surface area contributed by atoms with Crippen molar-refractivity contribution in [2.24, 2.45) is 0 Å². The van der Waals surface area contributed by atoms with Gasteiger partial charge in [-0.3, -0.25) is 9.59 Å². The lowest BCUT2D eigenvalue weighted by molar-refractivity contribution is -0.129. The minimum Gasteiger partial charge on any atom is -0.462 e. The van der Waals surface area contributed by atoms with Crippen LogP contribution in [0.15, 0.2) is 24.3 Å². The summed E-state index contributed by atoms with van der Waals surface area (Å²) in [7, 11) is 1.78. The van der Waals surface area contributed by atoms with E-state index in [1.54, 1.807) is 48.0 Å². The maximum Gasteiger partial charge on any atom is 0.338 e. The Morgan fingerprint density at radius 1 is 1.04 bits per heavy atom. The molecule has 0 aliphatic rings. The van der Waals surface area contributed by atoms with Crippen LogP contribution in [-0.4, -0.2) is 49.4 Å². The number of hydrogen-bond donors (Lipinski definition) is 0. The van der Waals surface area contributed by atoms with Crippen molar-refractivity contribution >= 4 is 23.5 Å². The van der Waals surface area contributed by atoms with Crippen molar-refractivity contribution in [1.82, 2.24) is 4.90 Å². The number of rotatable bonds is 9. The Balaban J connectivity index is 2.72. The third-order valence-electron chi connectivity index (χ3n) is 3.89. The first-order valence-corrected chi connectivity index (χ1v) is 8.69. The molecule has 0 radical (unpaired) electrons. The van der Waals surface area contributed by atoms with Crippen molar-refractivity contribution in [1.29, 1.82) is 0 Å². The van der Waals surface area contributed by atoms with Crippen LogP contribution in [0, 0.1) is 0 Å². The number of amides is 2. The molecule has 0 fully saturated rings. The molecule has 0 heterocycles. The maximum atomic E-state index is 12.1. The minimum atomic E-state index is -0.392. The van der Waals surface area contributed by atoms with E-state index in [4.69, 9.17) is 4.74 Å². The van der Waals surface area contributed by atoms with Crippen LogP contribution < -0.4 is 4.90 Å². The quantitative estimate of drug-likeness (QED) is 0.644. The van der Waals surface area contributed by atoms with Crippen molar-refractivity contribution in [3.63, 3.8) is 0 Å². The van der Waals surface area contributed by atoms with Gasteiger partial charge in [-0.05, 0) is 37.6 Å². The number of carbonyl (C=O) groups is 3. The number of benzene rings is 1. The summed E-state index contributed by atoms with van der Waals surface area (Å²) in [6.07, 6.45) is 2.26. The van der Waals surface area contributed by atoms with Crippen LogP contribution in [-0.2, 0) is 14.3 Å². The van der Waals surface area contributed by atoms with Gasteiger partial charge < -0.3 is 14.5 Å². The Labute approximate surface area is 149 Å². The molecule has 0 N–H and O–H groups in total. The summed E-state index contributed by atoms with van der Waals surface area (Å²) >= 11 is 0. The zero-order valence-electron chi connectivity index (χ0n) is 15.6. The first kappa shape index (κ1) is 20.7. The highest BCUT2D eigenvalue weighted by atomic mass is 16.5. The second kappa shape index (κ2) is 10.5. The lowest BCUT2D eigenvalue weighted by Gasteiger charge is -2.23. The van der Waals surface area contributed by atoms with Gasteiger partial charge in [-0.25, -0.2) is 4.79 Å². The van der Waals surface area contributed by atoms with Gasteiger partial charge in [-0.1, -0.05) is 13.3 Å². The summed E-state index contributed by atoms with van der Waals surface area (Å²) < 4.78 is 4.94. The van der Waals surface area contributed by atoms with Gasteiger partial charge in [0.05, 0.1) is 12.2 Å². The topological polar surface area (TPSA) is 66.9 Å². The first-order valence-electron chi connectivity index (χ1n) is 8.69. The molecule has 0 aliphatic heterocycles. The van der Waals surface area contributed by atoms with E-state index >= 15 is 0 Å². The van der Waals surface area contributed by atoms with Crippen LogP contribution in [0.1, 0.15) is 50.4 Å². The Hall–Kier alpha value is -2.37. The molecule has 138 valence electrons. The second-order valence-electron chi connectivity index (χ2n) is 5.86. The summed E-state index contributed by atoms with van der Waals surface area (Å²) in [5.41, 5.74) is 1.09. The lowest BCUT2D eigenvalue weighted by atomic mass is 10.2. The fourth-order valence-electron chi connectivity index (χ4n) is 2.38. The number of esters is 1. The summed E-state index contributed by atoms with van der Waals surface area (Å²) in [5, 5.41) is 0. The lowest BCUT2D eigenvalue weighted by Crippen LogP contribution is -2.35. The van der Waals surface area contributed by atoms with Gasteiger partial charge in [-0.2, -0.15) is 0 Å². The fourth-order valence-corrected chi connectivity index (χ4v) is 2.38. The van der Waals surface area contributed by atoms with Gasteiger partial charge in [0.25, 0.3) is 0 Å². The zero-order chi connectivity index (χ0) is 18.8. The molecule has 0 aliphatic carbocycles. The molecular weight excluding hydrogens is 320 g/mol. The van der Waals surface area contributed by atoms with Gasteiger partial charge in [0.1, 0.15) is 0 Å². The molecule has 2 amide bonds. The minimum absolute atomic E-state index is 0.0165. The molecule has 0 spiro atoms. The molecule has 6 heteroatoms. The van der Waals surface area contributed by atoms with E-state index in [1.165, 1.54) is 6.92 Å². The Bertz CT molecular complexity index is 584. The molecule has 0 saturated heterocycles. The van der Waals surface area contributed by atoms with E-state index in [0.29, 0.717) is 24.4 Å². The molecular formula is C19H28N2O4. The molecule has 0 unspecified atom stereocenters. The average molecular weight is 348 g/mol. The van der Waals surface area contributed by atoms with Crippen molar-refractivity contribution in [3.05, 3.63) is 29.8 Å². The standard InChI is InChI=1S/C19H28N2O4/c1-5-7-13-20(4)18(23)12-14-21(15(3)22)17-10-8-16(9-11-17)19(24)25-6-2/h8-11H,5-7,12-14H2,1-4H3. The van der Waals surface area contributed by atoms with E-state index in [2.05, 4.69) is 6.92 Å². The van der Waals surface area contributed by atoms with Crippen LogP contribution in [0.5, 0.6) is 0 Å². The largest absolute Gasteiger partial charge is 0.462 e. The Morgan fingerprint density at radius 3 is 2.20 bits per heavy atom. The highest BCUT2D eigenvalue weighted by molar-refractivity contribution is 5.94. The van der Waals surface area contributed by atoms with Crippen LogP contribution in [0.25, 0.3) is 0 Å². The molecule has 1 aromatic rings. The molecule has 1 rings (SSSR count). The highest BCUT2D eigenvalue weighted by Crippen LogP contribution is 2.17. The van der Waals surface area contributed by atoms with Gasteiger partial charge >= 0.3 is 5.97 Å². The molecule has 0 atom stereocenters. The molecule has 1 aromatic carbocycles. The maximum absolute atomic E-state index is 12.1. The van der Waals surface area contributed by atoms with Crippen LogP contribution >= 0.6 is 0 Å². The number of hydrogen-bond acceptors (Lipinski definition) is 4. The SMILES string of the molecule is CCCCN(C)C(=O)CCN(C(C)=O)c1ccc(C(=O)OCC)cc1. The molecule has 0 bridgehead atoms. The number of nitrogens with zero attached hydrogens (tertiary/aromatic N) is 2. The summed E-state index contributed by atoms with van der Waals surface area (Å²) in [6, 6.07) is 6.63. The van der Waals surface area contributed by atoms with Crippen LogP contribution in [0.4, 0.5) is 5.69 Å². The average Bonchev–Trinajstić information content (AvgIpc) is 2.60. The monoisotopic (exact) mass is 348 g/mol. The van der Waals surface area contributed by atoms with E-state index in [-0.39, 0.29) is 18.2 Å². The Morgan fingerprint density at radius 2 is 1.68 bits per heavy atom. The van der Waals surface area contributed by atoms with Crippen molar-refractivity contribution < 1.29 is 19.1 Å².